The number of hydrogen-bond acceptors (Lipinski definition) is 2. The Morgan fingerprint density at radius 2 is 1.81 bits per heavy atom. The average molecular weight is 285 g/mol. The van der Waals surface area contributed by atoms with Crippen molar-refractivity contribution in [2.75, 3.05) is 0 Å². The van der Waals surface area contributed by atoms with Gasteiger partial charge in [0.05, 0.1) is 5.69 Å². The van der Waals surface area contributed by atoms with Crippen LogP contribution in [0.5, 0.6) is 0 Å². The molecule has 2 aromatic rings. The molecule has 3 nitrogen and oxygen atoms in total. The van der Waals surface area contributed by atoms with Crippen molar-refractivity contribution in [1.29, 1.82) is 0 Å². The number of nitrogens with two attached hydrogens (primary N) is 1. The summed E-state index contributed by atoms with van der Waals surface area (Å²) in [6, 6.07) is 9.31. The molecule has 2 rings (SSSR count). The molecule has 1 aromatic heterocycles. The molecule has 0 fully saturated rings. The smallest absolute Gasteiger partial charge is 0.0640 e. The fraction of sp³-hybridized carbons (Fsp3) is 0.500. The maximum absolute atomic E-state index is 6.31. The van der Waals surface area contributed by atoms with Crippen LogP contribution in [0, 0.1) is 13.8 Å². The quantitative estimate of drug-likeness (QED) is 0.881. The summed E-state index contributed by atoms with van der Waals surface area (Å²) in [6.45, 7) is 8.63. The van der Waals surface area contributed by atoms with E-state index in [1.165, 1.54) is 16.7 Å². The van der Waals surface area contributed by atoms with E-state index in [0.717, 1.165) is 25.0 Å². The predicted octanol–water partition coefficient (Wildman–Crippen LogP) is 3.58. The van der Waals surface area contributed by atoms with Gasteiger partial charge < -0.3 is 5.73 Å². The van der Waals surface area contributed by atoms with Crippen molar-refractivity contribution in [1.82, 2.24) is 9.78 Å². The summed E-state index contributed by atoms with van der Waals surface area (Å²) < 4.78 is 2.04. The standard InChI is InChI=1S/C18H27N3/c1-5-15(4)21-7-6-18(20-21)12-17(19)11-16-9-13(2)8-14(3)10-16/h6-10,15,17H,5,11-12,19H2,1-4H3. The van der Waals surface area contributed by atoms with E-state index in [1.807, 2.05) is 4.68 Å². The van der Waals surface area contributed by atoms with Gasteiger partial charge in [-0.1, -0.05) is 36.2 Å². The topological polar surface area (TPSA) is 43.8 Å². The van der Waals surface area contributed by atoms with Crippen LogP contribution in [0.4, 0.5) is 0 Å². The van der Waals surface area contributed by atoms with Crippen molar-refractivity contribution in [2.45, 2.75) is 59.0 Å². The highest BCUT2D eigenvalue weighted by atomic mass is 15.3. The molecule has 0 saturated carbocycles. The maximum Gasteiger partial charge on any atom is 0.0640 e. The van der Waals surface area contributed by atoms with Gasteiger partial charge in [0.15, 0.2) is 0 Å². The molecule has 1 aromatic carbocycles. The molecular formula is C18H27N3. The van der Waals surface area contributed by atoms with Crippen LogP contribution in [-0.2, 0) is 12.8 Å². The van der Waals surface area contributed by atoms with Gasteiger partial charge in [0.1, 0.15) is 0 Å². The summed E-state index contributed by atoms with van der Waals surface area (Å²) in [6.07, 6.45) is 4.89. The second kappa shape index (κ2) is 6.90. The van der Waals surface area contributed by atoms with Gasteiger partial charge in [-0.15, -0.1) is 0 Å². The third-order valence-electron chi connectivity index (χ3n) is 3.96. The zero-order valence-corrected chi connectivity index (χ0v) is 13.6. The lowest BCUT2D eigenvalue weighted by molar-refractivity contribution is 0.471. The Labute approximate surface area is 128 Å². The van der Waals surface area contributed by atoms with Crippen molar-refractivity contribution in [3.8, 4) is 0 Å². The molecule has 0 bridgehead atoms. The largest absolute Gasteiger partial charge is 0.327 e. The van der Waals surface area contributed by atoms with Crippen molar-refractivity contribution in [2.24, 2.45) is 5.73 Å². The number of nitrogens with zero attached hydrogens (tertiary/aromatic N) is 2. The lowest BCUT2D eigenvalue weighted by Crippen LogP contribution is -2.26. The Morgan fingerprint density at radius 1 is 1.14 bits per heavy atom. The van der Waals surface area contributed by atoms with Gasteiger partial charge in [-0.2, -0.15) is 5.10 Å². The SMILES string of the molecule is CCC(C)n1ccc(CC(N)Cc2cc(C)cc(C)c2)n1. The molecule has 0 radical (unpaired) electrons. The Kier molecular flexibility index (Phi) is 5.18. The number of benzene rings is 1. The van der Waals surface area contributed by atoms with Crippen molar-refractivity contribution in [3.63, 3.8) is 0 Å². The summed E-state index contributed by atoms with van der Waals surface area (Å²) in [5.74, 6) is 0. The lowest BCUT2D eigenvalue weighted by Gasteiger charge is -2.12. The second-order valence-corrected chi connectivity index (χ2v) is 6.21. The fourth-order valence-corrected chi connectivity index (χ4v) is 2.75. The van der Waals surface area contributed by atoms with Gasteiger partial charge in [-0.25, -0.2) is 0 Å². The van der Waals surface area contributed by atoms with E-state index in [0.29, 0.717) is 6.04 Å². The summed E-state index contributed by atoms with van der Waals surface area (Å²) in [5, 5.41) is 4.63. The van der Waals surface area contributed by atoms with Gasteiger partial charge in [0.2, 0.25) is 0 Å². The minimum atomic E-state index is 0.117. The normalized spacial score (nSPS) is 14.1. The highest BCUT2D eigenvalue weighted by molar-refractivity contribution is 5.29. The van der Waals surface area contributed by atoms with Crippen LogP contribution in [0.15, 0.2) is 30.5 Å². The van der Waals surface area contributed by atoms with Crippen LogP contribution in [0.1, 0.15) is 48.7 Å². The van der Waals surface area contributed by atoms with E-state index in [9.17, 15) is 0 Å². The Hall–Kier alpha value is -1.61. The highest BCUT2D eigenvalue weighted by Gasteiger charge is 2.10. The Morgan fingerprint density at radius 3 is 2.43 bits per heavy atom. The van der Waals surface area contributed by atoms with Crippen molar-refractivity contribution in [3.05, 3.63) is 52.8 Å². The van der Waals surface area contributed by atoms with E-state index in [-0.39, 0.29) is 6.04 Å². The molecule has 2 atom stereocenters. The Bertz CT molecular complexity index is 566. The third kappa shape index (κ3) is 4.43. The number of aryl methyl sites for hydroxylation is 2. The van der Waals surface area contributed by atoms with E-state index in [2.05, 4.69) is 63.3 Å². The van der Waals surface area contributed by atoms with Crippen LogP contribution in [0.3, 0.4) is 0 Å². The van der Waals surface area contributed by atoms with Crippen LogP contribution < -0.4 is 5.73 Å². The van der Waals surface area contributed by atoms with Crippen molar-refractivity contribution < 1.29 is 0 Å². The fourth-order valence-electron chi connectivity index (χ4n) is 2.75. The summed E-state index contributed by atoms with van der Waals surface area (Å²) in [5.41, 5.74) is 11.3. The molecule has 0 saturated heterocycles. The first-order valence-electron chi connectivity index (χ1n) is 7.84. The first kappa shape index (κ1) is 15.8. The molecule has 2 unspecified atom stereocenters. The molecule has 2 N–H and O–H groups in total. The third-order valence-corrected chi connectivity index (χ3v) is 3.96. The average Bonchev–Trinajstić information content (AvgIpc) is 2.84. The zero-order valence-electron chi connectivity index (χ0n) is 13.6. The molecule has 0 aliphatic rings. The van der Waals surface area contributed by atoms with E-state index < -0.39 is 0 Å². The second-order valence-electron chi connectivity index (χ2n) is 6.21. The van der Waals surface area contributed by atoms with E-state index in [4.69, 9.17) is 5.73 Å². The van der Waals surface area contributed by atoms with Crippen molar-refractivity contribution >= 4 is 0 Å². The van der Waals surface area contributed by atoms with Gasteiger partial charge in [-0.3, -0.25) is 4.68 Å². The van der Waals surface area contributed by atoms with Crippen LogP contribution in [-0.4, -0.2) is 15.8 Å². The maximum atomic E-state index is 6.31. The Balaban J connectivity index is 1.98. The molecule has 1 heterocycles. The number of hydrogen-bond donors (Lipinski definition) is 1. The molecule has 21 heavy (non-hydrogen) atoms. The van der Waals surface area contributed by atoms with Crippen LogP contribution in [0.25, 0.3) is 0 Å². The highest BCUT2D eigenvalue weighted by Crippen LogP contribution is 2.13. The predicted molar refractivity (Wildman–Crippen MR) is 88.5 cm³/mol. The first-order chi connectivity index (χ1) is 9.97. The summed E-state index contributed by atoms with van der Waals surface area (Å²) in [4.78, 5) is 0. The molecule has 0 aliphatic carbocycles. The molecule has 0 aliphatic heterocycles. The van der Waals surface area contributed by atoms with E-state index in [1.54, 1.807) is 0 Å². The van der Waals surface area contributed by atoms with Gasteiger partial charge in [-0.05, 0) is 45.2 Å². The first-order valence-corrected chi connectivity index (χ1v) is 7.84. The molecule has 0 spiro atoms. The lowest BCUT2D eigenvalue weighted by atomic mass is 9.99. The number of rotatable bonds is 6. The van der Waals surface area contributed by atoms with Gasteiger partial charge in [0, 0.05) is 24.7 Å². The molecule has 0 amide bonds. The minimum Gasteiger partial charge on any atom is -0.327 e. The zero-order chi connectivity index (χ0) is 15.4. The molecule has 3 heteroatoms. The molecular weight excluding hydrogens is 258 g/mol. The molecule has 114 valence electrons. The summed E-state index contributed by atoms with van der Waals surface area (Å²) in [7, 11) is 0. The van der Waals surface area contributed by atoms with E-state index >= 15 is 0 Å². The van der Waals surface area contributed by atoms with Crippen LogP contribution >= 0.6 is 0 Å². The minimum absolute atomic E-state index is 0.117. The number of aromatic nitrogens is 2. The summed E-state index contributed by atoms with van der Waals surface area (Å²) >= 11 is 0. The van der Waals surface area contributed by atoms with Gasteiger partial charge in [0.25, 0.3) is 0 Å². The van der Waals surface area contributed by atoms with Gasteiger partial charge >= 0.3 is 0 Å². The monoisotopic (exact) mass is 285 g/mol. The van der Waals surface area contributed by atoms with Crippen LogP contribution in [0.2, 0.25) is 0 Å².